The van der Waals surface area contributed by atoms with E-state index < -0.39 is 0 Å². The second-order valence-corrected chi connectivity index (χ2v) is 3.77. The van der Waals surface area contributed by atoms with E-state index in [1.807, 2.05) is 6.08 Å². The van der Waals surface area contributed by atoms with Crippen LogP contribution in [0.25, 0.3) is 0 Å². The molecule has 2 heteroatoms. The molecule has 0 amide bonds. The molecule has 0 aliphatic heterocycles. The molecule has 1 aliphatic rings. The summed E-state index contributed by atoms with van der Waals surface area (Å²) >= 11 is 0. The quantitative estimate of drug-likeness (QED) is 0.590. The largest absolute Gasteiger partial charge is 0.396 e. The Morgan fingerprint density at radius 1 is 1.50 bits per heavy atom. The molecule has 2 nitrogen and oxygen atoms in total. The van der Waals surface area contributed by atoms with Gasteiger partial charge in [0, 0.05) is 13.2 Å². The first kappa shape index (κ1) is 9.75. The molecule has 1 saturated carbocycles. The van der Waals surface area contributed by atoms with Crippen LogP contribution in [0.2, 0.25) is 0 Å². The lowest BCUT2D eigenvalue weighted by molar-refractivity contribution is 0.227. The van der Waals surface area contributed by atoms with Gasteiger partial charge in [-0.2, -0.15) is 0 Å². The number of hydrogen-bond acceptors (Lipinski definition) is 2. The maximum Gasteiger partial charge on any atom is 0.0464 e. The van der Waals surface area contributed by atoms with Crippen LogP contribution >= 0.6 is 0 Å². The second-order valence-electron chi connectivity index (χ2n) is 3.77. The van der Waals surface area contributed by atoms with Crippen molar-refractivity contribution in [3.63, 3.8) is 0 Å². The van der Waals surface area contributed by atoms with E-state index >= 15 is 0 Å². The number of rotatable bonds is 6. The summed E-state index contributed by atoms with van der Waals surface area (Å²) in [5, 5.41) is 17.7. The third-order valence-corrected chi connectivity index (χ3v) is 2.96. The number of aliphatic hydroxyl groups is 2. The summed E-state index contributed by atoms with van der Waals surface area (Å²) in [6, 6.07) is 0. The number of allylic oxidation sites excluding steroid dienone is 1. The topological polar surface area (TPSA) is 40.5 Å². The van der Waals surface area contributed by atoms with Gasteiger partial charge in [-0.05, 0) is 37.0 Å². The third-order valence-electron chi connectivity index (χ3n) is 2.96. The Labute approximate surface area is 73.9 Å². The van der Waals surface area contributed by atoms with Crippen molar-refractivity contribution in [3.8, 4) is 0 Å². The van der Waals surface area contributed by atoms with E-state index in [4.69, 9.17) is 10.2 Å². The minimum Gasteiger partial charge on any atom is -0.396 e. The van der Waals surface area contributed by atoms with Crippen molar-refractivity contribution < 1.29 is 10.2 Å². The Kier molecular flexibility index (Phi) is 3.29. The molecule has 0 aromatic rings. The predicted octanol–water partition coefficient (Wildman–Crippen LogP) is 1.33. The summed E-state index contributed by atoms with van der Waals surface area (Å²) < 4.78 is 0. The highest BCUT2D eigenvalue weighted by molar-refractivity contribution is 5.04. The predicted molar refractivity (Wildman–Crippen MR) is 48.8 cm³/mol. The molecule has 70 valence electrons. The SMILES string of the molecule is C=CC[C@@]1(CCCO)C[C@H]1CO. The molecule has 0 unspecified atom stereocenters. The highest BCUT2D eigenvalue weighted by Crippen LogP contribution is 2.58. The van der Waals surface area contributed by atoms with E-state index in [9.17, 15) is 0 Å². The van der Waals surface area contributed by atoms with E-state index in [2.05, 4.69) is 6.58 Å². The molecular formula is C10H18O2. The molecule has 0 radical (unpaired) electrons. The minimum atomic E-state index is 0.261. The molecule has 0 bridgehead atoms. The van der Waals surface area contributed by atoms with Gasteiger partial charge in [-0.25, -0.2) is 0 Å². The summed E-state index contributed by atoms with van der Waals surface area (Å²) in [5.74, 6) is 0.460. The Morgan fingerprint density at radius 3 is 2.67 bits per heavy atom. The minimum absolute atomic E-state index is 0.261. The van der Waals surface area contributed by atoms with Crippen molar-refractivity contribution >= 4 is 0 Å². The van der Waals surface area contributed by atoms with Crippen LogP contribution in [0, 0.1) is 11.3 Å². The van der Waals surface area contributed by atoms with Crippen LogP contribution in [0.1, 0.15) is 25.7 Å². The van der Waals surface area contributed by atoms with Gasteiger partial charge >= 0.3 is 0 Å². The van der Waals surface area contributed by atoms with E-state index in [0.29, 0.717) is 17.9 Å². The van der Waals surface area contributed by atoms with Crippen LogP contribution in [0.3, 0.4) is 0 Å². The monoisotopic (exact) mass is 170 g/mol. The fourth-order valence-electron chi connectivity index (χ4n) is 2.07. The van der Waals surface area contributed by atoms with Gasteiger partial charge in [-0.15, -0.1) is 6.58 Å². The molecule has 0 heterocycles. The standard InChI is InChI=1S/C10H18O2/c1-2-4-10(5-3-6-11)7-9(10)8-12/h2,9,11-12H,1,3-8H2/t9-,10+/m0/s1. The smallest absolute Gasteiger partial charge is 0.0464 e. The van der Waals surface area contributed by atoms with E-state index in [1.54, 1.807) is 0 Å². The van der Waals surface area contributed by atoms with Crippen molar-refractivity contribution in [1.29, 1.82) is 0 Å². The molecule has 2 atom stereocenters. The highest BCUT2D eigenvalue weighted by Gasteiger charge is 2.51. The zero-order chi connectivity index (χ0) is 9.03. The van der Waals surface area contributed by atoms with Crippen LogP contribution in [-0.4, -0.2) is 23.4 Å². The molecule has 12 heavy (non-hydrogen) atoms. The van der Waals surface area contributed by atoms with Crippen LogP contribution < -0.4 is 0 Å². The van der Waals surface area contributed by atoms with E-state index in [0.717, 1.165) is 25.7 Å². The molecule has 1 rings (SSSR count). The van der Waals surface area contributed by atoms with E-state index in [1.165, 1.54) is 0 Å². The average molecular weight is 170 g/mol. The van der Waals surface area contributed by atoms with Gasteiger partial charge in [-0.3, -0.25) is 0 Å². The van der Waals surface area contributed by atoms with Crippen molar-refractivity contribution in [2.75, 3.05) is 13.2 Å². The molecule has 2 N–H and O–H groups in total. The van der Waals surface area contributed by atoms with Gasteiger partial charge in [0.1, 0.15) is 0 Å². The third kappa shape index (κ3) is 1.87. The first-order valence-corrected chi connectivity index (χ1v) is 4.61. The molecule has 1 aliphatic carbocycles. The second kappa shape index (κ2) is 4.06. The summed E-state index contributed by atoms with van der Waals surface area (Å²) in [7, 11) is 0. The lowest BCUT2D eigenvalue weighted by Gasteiger charge is -2.13. The Morgan fingerprint density at radius 2 is 2.25 bits per heavy atom. The lowest BCUT2D eigenvalue weighted by Crippen LogP contribution is -2.06. The number of aliphatic hydroxyl groups excluding tert-OH is 2. The number of hydrogen-bond donors (Lipinski definition) is 2. The Bertz CT molecular complexity index is 156. The van der Waals surface area contributed by atoms with Crippen molar-refractivity contribution in [3.05, 3.63) is 12.7 Å². The van der Waals surface area contributed by atoms with Crippen molar-refractivity contribution in [2.24, 2.45) is 11.3 Å². The maximum absolute atomic E-state index is 8.97. The fraction of sp³-hybridized carbons (Fsp3) is 0.800. The van der Waals surface area contributed by atoms with Crippen LogP contribution in [0.5, 0.6) is 0 Å². The first-order valence-electron chi connectivity index (χ1n) is 4.61. The highest BCUT2D eigenvalue weighted by atomic mass is 16.3. The fourth-order valence-corrected chi connectivity index (χ4v) is 2.07. The van der Waals surface area contributed by atoms with Gasteiger partial charge in [0.05, 0.1) is 0 Å². The van der Waals surface area contributed by atoms with Crippen molar-refractivity contribution in [1.82, 2.24) is 0 Å². The Balaban J connectivity index is 2.35. The first-order chi connectivity index (χ1) is 5.79. The summed E-state index contributed by atoms with van der Waals surface area (Å²) in [6.45, 7) is 4.27. The van der Waals surface area contributed by atoms with Crippen LogP contribution in [-0.2, 0) is 0 Å². The van der Waals surface area contributed by atoms with E-state index in [-0.39, 0.29) is 6.61 Å². The molecule has 0 saturated heterocycles. The summed E-state index contributed by atoms with van der Waals surface area (Å²) in [5.41, 5.74) is 0.291. The van der Waals surface area contributed by atoms with Gasteiger partial charge in [0.25, 0.3) is 0 Å². The molecule has 0 aromatic heterocycles. The Hall–Kier alpha value is -0.340. The molecular weight excluding hydrogens is 152 g/mol. The van der Waals surface area contributed by atoms with Gasteiger partial charge in [0.15, 0.2) is 0 Å². The van der Waals surface area contributed by atoms with Gasteiger partial charge in [0.2, 0.25) is 0 Å². The van der Waals surface area contributed by atoms with Crippen LogP contribution in [0.4, 0.5) is 0 Å². The maximum atomic E-state index is 8.97. The van der Waals surface area contributed by atoms with Crippen molar-refractivity contribution in [2.45, 2.75) is 25.7 Å². The molecule has 0 spiro atoms. The lowest BCUT2D eigenvalue weighted by atomic mass is 9.93. The van der Waals surface area contributed by atoms with Gasteiger partial charge in [-0.1, -0.05) is 6.08 Å². The zero-order valence-electron chi connectivity index (χ0n) is 7.50. The molecule has 0 aromatic carbocycles. The average Bonchev–Trinajstić information content (AvgIpc) is 2.77. The summed E-state index contributed by atoms with van der Waals surface area (Å²) in [4.78, 5) is 0. The zero-order valence-corrected chi connectivity index (χ0v) is 7.50. The molecule has 1 fully saturated rings. The van der Waals surface area contributed by atoms with Gasteiger partial charge < -0.3 is 10.2 Å². The normalized spacial score (nSPS) is 33.3. The van der Waals surface area contributed by atoms with Crippen LogP contribution in [0.15, 0.2) is 12.7 Å². The summed E-state index contributed by atoms with van der Waals surface area (Å²) in [6.07, 6.45) is 5.89.